The maximum Gasteiger partial charge on any atom is 0.584 e. The number of rotatable bonds is 27. The highest BCUT2D eigenvalue weighted by molar-refractivity contribution is 7.48. The topological polar surface area (TPSA) is 123 Å². The van der Waals surface area contributed by atoms with Gasteiger partial charge in [-0.05, 0) is 91.6 Å². The fourth-order valence-corrected chi connectivity index (χ4v) is 7.11. The highest BCUT2D eigenvalue weighted by Crippen LogP contribution is 2.44. The minimum Gasteiger partial charge on any atom is -0.404 e. The summed E-state index contributed by atoms with van der Waals surface area (Å²) in [5.74, 6) is 0.888. The van der Waals surface area contributed by atoms with Crippen LogP contribution in [0, 0.1) is 0 Å². The molecule has 0 aliphatic heterocycles. The number of hydrogen-bond donors (Lipinski definition) is 3. The Morgan fingerprint density at radius 3 is 0.904 bits per heavy atom. The van der Waals surface area contributed by atoms with Crippen LogP contribution in [0.15, 0.2) is 72.8 Å². The standard InChI is InChI=1S/C28H43O4P.C14H23O4P/c1-3-5-7-9-11-13-15-25-17-21-27(22-18-25)31-33(29,30)32-28-23-19-26(20-24-28)16-14-12-10-8-6-4-2;1-2-3-4-5-6-7-8-13-9-11-14(12-10-13)18-19(15,16)17/h17-24H,3-16H2,1-2H3,(H,29,30);9-12H,2-8H2,1H3,(H2,15,16,17). The van der Waals surface area contributed by atoms with Gasteiger partial charge in [0.05, 0.1) is 0 Å². The molecule has 0 bridgehead atoms. The summed E-state index contributed by atoms with van der Waals surface area (Å²) in [6.45, 7) is 6.67. The van der Waals surface area contributed by atoms with Gasteiger partial charge in [0.15, 0.2) is 0 Å². The summed E-state index contributed by atoms with van der Waals surface area (Å²) < 4.78 is 38.1. The van der Waals surface area contributed by atoms with Gasteiger partial charge in [0, 0.05) is 0 Å². The van der Waals surface area contributed by atoms with Crippen molar-refractivity contribution in [3.8, 4) is 17.2 Å². The Kier molecular flexibility index (Phi) is 23.7. The van der Waals surface area contributed by atoms with Crippen LogP contribution in [0.25, 0.3) is 0 Å². The Morgan fingerprint density at radius 1 is 0.385 bits per heavy atom. The molecule has 0 aliphatic rings. The fourth-order valence-electron chi connectivity index (χ4n) is 5.90. The largest absolute Gasteiger partial charge is 0.584 e. The summed E-state index contributed by atoms with van der Waals surface area (Å²) in [5, 5.41) is 0. The summed E-state index contributed by atoms with van der Waals surface area (Å²) in [6.07, 6.45) is 25.8. The van der Waals surface area contributed by atoms with E-state index in [1.54, 1.807) is 36.4 Å². The number of benzene rings is 3. The average molecular weight is 761 g/mol. The predicted octanol–water partition coefficient (Wildman–Crippen LogP) is 13.1. The van der Waals surface area contributed by atoms with Gasteiger partial charge in [-0.1, -0.05) is 153 Å². The predicted molar refractivity (Wildman–Crippen MR) is 214 cm³/mol. The van der Waals surface area contributed by atoms with Crippen LogP contribution in [0.3, 0.4) is 0 Å². The van der Waals surface area contributed by atoms with Crippen LogP contribution < -0.4 is 13.6 Å². The molecule has 0 aliphatic carbocycles. The molecule has 0 radical (unpaired) electrons. The zero-order chi connectivity index (χ0) is 37.9. The maximum absolute atomic E-state index is 12.4. The lowest BCUT2D eigenvalue weighted by molar-refractivity contribution is 0.282. The van der Waals surface area contributed by atoms with Crippen LogP contribution in [0.1, 0.15) is 153 Å². The van der Waals surface area contributed by atoms with Crippen LogP contribution in [0.2, 0.25) is 0 Å². The van der Waals surface area contributed by atoms with Crippen molar-refractivity contribution in [2.75, 3.05) is 0 Å². The van der Waals surface area contributed by atoms with Gasteiger partial charge in [0.1, 0.15) is 17.2 Å². The normalized spacial score (nSPS) is 11.5. The molecular formula is C42H66O8P2. The van der Waals surface area contributed by atoms with E-state index < -0.39 is 15.6 Å². The Bertz CT molecular complexity index is 1340. The van der Waals surface area contributed by atoms with Crippen molar-refractivity contribution in [1.82, 2.24) is 0 Å². The lowest BCUT2D eigenvalue weighted by atomic mass is 10.1. The van der Waals surface area contributed by atoms with Gasteiger partial charge >= 0.3 is 15.6 Å². The molecule has 10 heteroatoms. The van der Waals surface area contributed by atoms with Crippen molar-refractivity contribution in [2.24, 2.45) is 0 Å². The van der Waals surface area contributed by atoms with Crippen LogP contribution in [0.5, 0.6) is 17.2 Å². The molecule has 52 heavy (non-hydrogen) atoms. The Labute approximate surface area is 314 Å². The van der Waals surface area contributed by atoms with Crippen LogP contribution in [-0.2, 0) is 28.4 Å². The molecule has 0 heterocycles. The summed E-state index contributed by atoms with van der Waals surface area (Å²) in [5.41, 5.74) is 3.61. The first-order chi connectivity index (χ1) is 25.0. The molecule has 3 rings (SSSR count). The minimum atomic E-state index is -4.44. The van der Waals surface area contributed by atoms with Crippen LogP contribution in [0.4, 0.5) is 0 Å². The molecule has 0 aromatic heterocycles. The first-order valence-electron chi connectivity index (χ1n) is 19.8. The summed E-state index contributed by atoms with van der Waals surface area (Å²) >= 11 is 0. The molecule has 0 atom stereocenters. The first kappa shape index (κ1) is 45.6. The SMILES string of the molecule is CCCCCCCCc1ccc(OP(=O)(O)O)cc1.CCCCCCCCc1ccc(OP(=O)(O)Oc2ccc(CCCCCCCC)cc2)cc1. The molecule has 292 valence electrons. The lowest BCUT2D eigenvalue weighted by Gasteiger charge is -2.14. The van der Waals surface area contributed by atoms with E-state index in [-0.39, 0.29) is 5.75 Å². The first-order valence-corrected chi connectivity index (χ1v) is 22.8. The average Bonchev–Trinajstić information content (AvgIpc) is 3.11. The summed E-state index contributed by atoms with van der Waals surface area (Å²) in [4.78, 5) is 27.5. The van der Waals surface area contributed by atoms with Crippen molar-refractivity contribution in [1.29, 1.82) is 0 Å². The number of aryl methyl sites for hydroxylation is 3. The molecule has 3 aromatic rings. The second-order valence-electron chi connectivity index (χ2n) is 13.7. The third-order valence-corrected chi connectivity index (χ3v) is 10.2. The van der Waals surface area contributed by atoms with E-state index in [0.29, 0.717) is 11.5 Å². The van der Waals surface area contributed by atoms with E-state index >= 15 is 0 Å². The van der Waals surface area contributed by atoms with Gasteiger partial charge < -0.3 is 13.6 Å². The molecule has 0 unspecified atom stereocenters. The van der Waals surface area contributed by atoms with Gasteiger partial charge in [-0.2, -0.15) is 0 Å². The lowest BCUT2D eigenvalue weighted by Crippen LogP contribution is -2.00. The smallest absolute Gasteiger partial charge is 0.404 e. The molecular weight excluding hydrogens is 694 g/mol. The number of phosphoric acid groups is 2. The minimum absolute atomic E-state index is 0.208. The molecule has 3 N–H and O–H groups in total. The van der Waals surface area contributed by atoms with Gasteiger partial charge in [0.2, 0.25) is 0 Å². The van der Waals surface area contributed by atoms with Crippen LogP contribution in [-0.4, -0.2) is 14.7 Å². The van der Waals surface area contributed by atoms with E-state index in [1.165, 1.54) is 126 Å². The molecule has 8 nitrogen and oxygen atoms in total. The van der Waals surface area contributed by atoms with Crippen molar-refractivity contribution in [3.05, 3.63) is 89.5 Å². The van der Waals surface area contributed by atoms with Crippen LogP contribution >= 0.6 is 15.6 Å². The Morgan fingerprint density at radius 2 is 0.635 bits per heavy atom. The molecule has 0 saturated carbocycles. The van der Waals surface area contributed by atoms with Gasteiger partial charge in [0.25, 0.3) is 0 Å². The third-order valence-electron chi connectivity index (χ3n) is 8.89. The Hall–Kier alpha value is -2.60. The number of hydrogen-bond acceptors (Lipinski definition) is 5. The van der Waals surface area contributed by atoms with Crippen molar-refractivity contribution in [2.45, 2.75) is 156 Å². The highest BCUT2D eigenvalue weighted by atomic mass is 31.2. The molecule has 0 spiro atoms. The van der Waals surface area contributed by atoms with Gasteiger partial charge in [-0.25, -0.2) is 9.13 Å². The van der Waals surface area contributed by atoms with Crippen molar-refractivity contribution in [3.63, 3.8) is 0 Å². The van der Waals surface area contributed by atoms with E-state index in [0.717, 1.165) is 25.7 Å². The number of phosphoric ester groups is 2. The highest BCUT2D eigenvalue weighted by Gasteiger charge is 2.25. The molecule has 0 saturated heterocycles. The van der Waals surface area contributed by atoms with Gasteiger partial charge in [-0.3, -0.25) is 14.7 Å². The van der Waals surface area contributed by atoms with Crippen molar-refractivity contribution < 1.29 is 37.4 Å². The zero-order valence-electron chi connectivity index (χ0n) is 32.1. The van der Waals surface area contributed by atoms with E-state index in [4.69, 9.17) is 18.8 Å². The van der Waals surface area contributed by atoms with E-state index in [1.807, 2.05) is 36.4 Å². The second-order valence-corrected chi connectivity index (χ2v) is 16.2. The summed E-state index contributed by atoms with van der Waals surface area (Å²) in [7, 11) is -8.68. The quantitative estimate of drug-likeness (QED) is 0.0518. The van der Waals surface area contributed by atoms with E-state index in [9.17, 15) is 14.0 Å². The molecule has 0 fully saturated rings. The van der Waals surface area contributed by atoms with E-state index in [2.05, 4.69) is 25.3 Å². The second kappa shape index (κ2) is 27.1. The van der Waals surface area contributed by atoms with Gasteiger partial charge in [-0.15, -0.1) is 0 Å². The molecule has 3 aromatic carbocycles. The summed E-state index contributed by atoms with van der Waals surface area (Å²) in [6, 6.07) is 21.7. The maximum atomic E-state index is 12.4. The Balaban J connectivity index is 0.000000418. The van der Waals surface area contributed by atoms with Crippen molar-refractivity contribution >= 4 is 15.6 Å². The number of unbranched alkanes of at least 4 members (excludes halogenated alkanes) is 15. The monoisotopic (exact) mass is 760 g/mol. The third kappa shape index (κ3) is 23.1. The fraction of sp³-hybridized carbons (Fsp3) is 0.571. The molecule has 0 amide bonds. The zero-order valence-corrected chi connectivity index (χ0v) is 33.8.